The smallest absolute Gasteiger partial charge is 0.145 e. The first kappa shape index (κ1) is 27.7. The zero-order valence-electron chi connectivity index (χ0n) is 21.0. The molecular formula is C27H54O. The van der Waals surface area contributed by atoms with E-state index in [4.69, 9.17) is 0 Å². The lowest BCUT2D eigenvalue weighted by Gasteiger charge is -2.45. The summed E-state index contributed by atoms with van der Waals surface area (Å²) >= 11 is 0. The van der Waals surface area contributed by atoms with E-state index in [1.165, 1.54) is 51.4 Å². The summed E-state index contributed by atoms with van der Waals surface area (Å²) in [5, 5.41) is 0. The first-order valence-electron chi connectivity index (χ1n) is 12.8. The van der Waals surface area contributed by atoms with Crippen LogP contribution in [0.2, 0.25) is 0 Å². The van der Waals surface area contributed by atoms with Crippen molar-refractivity contribution < 1.29 is 4.79 Å². The lowest BCUT2D eigenvalue weighted by Crippen LogP contribution is -2.45. The molecule has 0 radical (unpaired) electrons. The van der Waals surface area contributed by atoms with Gasteiger partial charge in [-0.2, -0.15) is 0 Å². The van der Waals surface area contributed by atoms with Gasteiger partial charge in [0.05, 0.1) is 0 Å². The molecule has 0 N–H and O–H groups in total. The lowest BCUT2D eigenvalue weighted by molar-refractivity contribution is -0.144. The van der Waals surface area contributed by atoms with Crippen LogP contribution in [-0.2, 0) is 4.79 Å². The van der Waals surface area contributed by atoms with Gasteiger partial charge in [-0.1, -0.05) is 107 Å². The average Bonchev–Trinajstić information content (AvgIpc) is 2.65. The van der Waals surface area contributed by atoms with E-state index in [1.807, 2.05) is 0 Å². The number of ketones is 1. The van der Waals surface area contributed by atoms with Gasteiger partial charge in [0, 0.05) is 10.8 Å². The molecule has 1 nitrogen and oxygen atoms in total. The monoisotopic (exact) mass is 394 g/mol. The zero-order chi connectivity index (χ0) is 21.6. The second kappa shape index (κ2) is 14.6. The van der Waals surface area contributed by atoms with Gasteiger partial charge in [-0.05, 0) is 50.4 Å². The SMILES string of the molecule is CCCCC(CCCC)(CC(C)C)C(=O)C(CCCC)(CCCC)CC(C)C. The standard InChI is InChI=1S/C27H54O/c1-9-13-17-26(18-14-10-2,21-23(5)6)25(28)27(19-15-11-3,20-16-12-4)22-24(7)8/h23-24H,9-22H2,1-8H3. The molecule has 168 valence electrons. The third kappa shape index (κ3) is 9.00. The van der Waals surface area contributed by atoms with Crippen molar-refractivity contribution in [3.8, 4) is 0 Å². The molecule has 0 aliphatic carbocycles. The van der Waals surface area contributed by atoms with E-state index in [0.717, 1.165) is 38.5 Å². The summed E-state index contributed by atoms with van der Waals surface area (Å²) in [6, 6.07) is 0. The van der Waals surface area contributed by atoms with Gasteiger partial charge in [0.2, 0.25) is 0 Å². The van der Waals surface area contributed by atoms with Crippen LogP contribution < -0.4 is 0 Å². The summed E-state index contributed by atoms with van der Waals surface area (Å²) < 4.78 is 0. The Morgan fingerprint density at radius 1 is 0.571 bits per heavy atom. The van der Waals surface area contributed by atoms with Gasteiger partial charge in [-0.15, -0.1) is 0 Å². The minimum absolute atomic E-state index is 0.0867. The predicted molar refractivity (Wildman–Crippen MR) is 127 cm³/mol. The van der Waals surface area contributed by atoms with Crippen LogP contribution in [-0.4, -0.2) is 5.78 Å². The molecule has 0 atom stereocenters. The first-order valence-corrected chi connectivity index (χ1v) is 12.8. The molecular weight excluding hydrogens is 340 g/mol. The van der Waals surface area contributed by atoms with Gasteiger partial charge in [0.15, 0.2) is 0 Å². The van der Waals surface area contributed by atoms with E-state index in [9.17, 15) is 4.79 Å². The molecule has 0 amide bonds. The zero-order valence-corrected chi connectivity index (χ0v) is 21.0. The normalized spacial score (nSPS) is 12.9. The number of rotatable bonds is 18. The molecule has 28 heavy (non-hydrogen) atoms. The second-order valence-electron chi connectivity index (χ2n) is 10.5. The number of carbonyl (C=O) groups is 1. The molecule has 0 aromatic heterocycles. The number of unbranched alkanes of at least 4 members (excludes halogenated alkanes) is 4. The molecule has 0 saturated carbocycles. The molecule has 0 spiro atoms. The molecule has 1 heteroatoms. The number of Topliss-reactive ketones (excluding diaryl/α,β-unsaturated/α-hetero) is 1. The summed E-state index contributed by atoms with van der Waals surface area (Å²) in [5.41, 5.74) is -0.173. The van der Waals surface area contributed by atoms with Crippen LogP contribution in [0.3, 0.4) is 0 Å². The molecule has 0 bridgehead atoms. The second-order valence-corrected chi connectivity index (χ2v) is 10.5. The van der Waals surface area contributed by atoms with Crippen LogP contribution in [0.1, 0.15) is 145 Å². The Balaban J connectivity index is 6.19. The average molecular weight is 395 g/mol. The minimum Gasteiger partial charge on any atom is -0.298 e. The summed E-state index contributed by atoms with van der Waals surface area (Å²) in [4.78, 5) is 14.6. The maximum atomic E-state index is 14.6. The van der Waals surface area contributed by atoms with Gasteiger partial charge >= 0.3 is 0 Å². The summed E-state index contributed by atoms with van der Waals surface area (Å²) in [6.07, 6.45) is 16.2. The van der Waals surface area contributed by atoms with Gasteiger partial charge in [-0.25, -0.2) is 0 Å². The van der Waals surface area contributed by atoms with E-state index in [1.54, 1.807) is 0 Å². The van der Waals surface area contributed by atoms with Crippen LogP contribution in [0.5, 0.6) is 0 Å². The molecule has 0 aliphatic heterocycles. The van der Waals surface area contributed by atoms with Crippen molar-refractivity contribution in [2.45, 2.75) is 145 Å². The Hall–Kier alpha value is -0.330. The molecule has 0 aromatic carbocycles. The summed E-state index contributed by atoms with van der Waals surface area (Å²) in [6.45, 7) is 18.4. The highest BCUT2D eigenvalue weighted by Gasteiger charge is 2.48. The fourth-order valence-electron chi connectivity index (χ4n) is 5.48. The van der Waals surface area contributed by atoms with Crippen LogP contribution in [0.4, 0.5) is 0 Å². The largest absolute Gasteiger partial charge is 0.298 e. The topological polar surface area (TPSA) is 17.1 Å². The van der Waals surface area contributed by atoms with Gasteiger partial charge in [0.1, 0.15) is 5.78 Å². The Morgan fingerprint density at radius 2 is 0.821 bits per heavy atom. The molecule has 0 fully saturated rings. The molecule has 0 rings (SSSR count). The van der Waals surface area contributed by atoms with Crippen LogP contribution >= 0.6 is 0 Å². The van der Waals surface area contributed by atoms with Crippen molar-refractivity contribution in [2.75, 3.05) is 0 Å². The van der Waals surface area contributed by atoms with Crippen molar-refractivity contribution in [3.63, 3.8) is 0 Å². The van der Waals surface area contributed by atoms with Crippen molar-refractivity contribution >= 4 is 5.78 Å². The summed E-state index contributed by atoms with van der Waals surface area (Å²) in [7, 11) is 0. The Labute approximate surface area is 178 Å². The van der Waals surface area contributed by atoms with Crippen LogP contribution in [0, 0.1) is 22.7 Å². The van der Waals surface area contributed by atoms with E-state index in [0.29, 0.717) is 17.6 Å². The number of hydrogen-bond donors (Lipinski definition) is 0. The minimum atomic E-state index is -0.0867. The van der Waals surface area contributed by atoms with Crippen molar-refractivity contribution in [1.29, 1.82) is 0 Å². The van der Waals surface area contributed by atoms with Gasteiger partial charge in [-0.3, -0.25) is 4.79 Å². The van der Waals surface area contributed by atoms with Gasteiger partial charge in [0.25, 0.3) is 0 Å². The Morgan fingerprint density at radius 3 is 1.00 bits per heavy atom. The number of hydrogen-bond acceptors (Lipinski definition) is 1. The quantitative estimate of drug-likeness (QED) is 0.226. The molecule has 0 unspecified atom stereocenters. The van der Waals surface area contributed by atoms with Crippen LogP contribution in [0.25, 0.3) is 0 Å². The molecule has 0 heterocycles. The summed E-state index contributed by atoms with van der Waals surface area (Å²) in [5.74, 6) is 1.85. The van der Waals surface area contributed by atoms with E-state index in [-0.39, 0.29) is 10.8 Å². The molecule has 0 saturated heterocycles. The van der Waals surface area contributed by atoms with E-state index >= 15 is 0 Å². The van der Waals surface area contributed by atoms with E-state index < -0.39 is 0 Å². The van der Waals surface area contributed by atoms with Crippen molar-refractivity contribution in [2.24, 2.45) is 22.7 Å². The highest BCUT2D eigenvalue weighted by Crippen LogP contribution is 2.50. The molecule has 0 aliphatic rings. The Kier molecular flexibility index (Phi) is 14.4. The third-order valence-electron chi connectivity index (χ3n) is 6.60. The van der Waals surface area contributed by atoms with Gasteiger partial charge < -0.3 is 0 Å². The highest BCUT2D eigenvalue weighted by atomic mass is 16.1. The number of carbonyl (C=O) groups excluding carboxylic acids is 1. The molecule has 0 aromatic rings. The maximum absolute atomic E-state index is 14.6. The van der Waals surface area contributed by atoms with Crippen molar-refractivity contribution in [1.82, 2.24) is 0 Å². The first-order chi connectivity index (χ1) is 13.2. The Bertz CT molecular complexity index is 341. The lowest BCUT2D eigenvalue weighted by atomic mass is 9.58. The highest BCUT2D eigenvalue weighted by molar-refractivity contribution is 5.90. The predicted octanol–water partition coefficient (Wildman–Crippen LogP) is 9.38. The fraction of sp³-hybridized carbons (Fsp3) is 0.963. The van der Waals surface area contributed by atoms with E-state index in [2.05, 4.69) is 55.4 Å². The third-order valence-corrected chi connectivity index (χ3v) is 6.60. The van der Waals surface area contributed by atoms with Crippen LogP contribution in [0.15, 0.2) is 0 Å². The van der Waals surface area contributed by atoms with Crippen molar-refractivity contribution in [3.05, 3.63) is 0 Å². The maximum Gasteiger partial charge on any atom is 0.145 e. The fourth-order valence-corrected chi connectivity index (χ4v) is 5.48.